The Hall–Kier alpha value is -3.72. The zero-order chi connectivity index (χ0) is 24.9. The lowest BCUT2D eigenvalue weighted by Gasteiger charge is -2.29. The number of hydrogen-bond donors (Lipinski definition) is 2. The molecule has 1 aromatic heterocycles. The Morgan fingerprint density at radius 1 is 1.09 bits per heavy atom. The van der Waals surface area contributed by atoms with Gasteiger partial charge in [-0.05, 0) is 36.1 Å². The number of hydrogen-bond acceptors (Lipinski definition) is 6. The number of aliphatic carboxylic acids is 1. The molecule has 0 spiro atoms. The van der Waals surface area contributed by atoms with Crippen LogP contribution < -0.4 is 5.32 Å². The number of fused-ring (bicyclic) bond motifs is 3. The number of carbonyl (C=O) groups excluding carboxylic acids is 2. The third-order valence-corrected chi connectivity index (χ3v) is 6.84. The molecule has 2 aromatic carbocycles. The summed E-state index contributed by atoms with van der Waals surface area (Å²) in [6.45, 7) is 3.13. The van der Waals surface area contributed by atoms with E-state index in [1.807, 2.05) is 36.4 Å². The van der Waals surface area contributed by atoms with Crippen LogP contribution in [0.25, 0.3) is 11.1 Å². The standard InChI is InChI=1S/C26H27N3O5S/c1-16(2)29(13-24(30)31)25(32)23(11-17-12-27-15-35-17)28-26(33)34-14-22-20-9-5-3-7-18(20)19-8-4-6-10-21(19)22/h3-10,12,15-16,22-23H,11,13-14H2,1-2H3,(H,28,33)(H,30,31). The highest BCUT2D eigenvalue weighted by Gasteiger charge is 2.32. The van der Waals surface area contributed by atoms with Gasteiger partial charge < -0.3 is 20.1 Å². The average Bonchev–Trinajstić information content (AvgIpc) is 3.46. The lowest BCUT2D eigenvalue weighted by Crippen LogP contribution is -2.53. The van der Waals surface area contributed by atoms with E-state index in [9.17, 15) is 19.5 Å². The minimum atomic E-state index is -1.12. The van der Waals surface area contributed by atoms with Crippen LogP contribution in [0.1, 0.15) is 35.8 Å². The van der Waals surface area contributed by atoms with Gasteiger partial charge >= 0.3 is 12.1 Å². The Morgan fingerprint density at radius 3 is 2.26 bits per heavy atom. The highest BCUT2D eigenvalue weighted by molar-refractivity contribution is 7.09. The molecule has 35 heavy (non-hydrogen) atoms. The molecule has 0 radical (unpaired) electrons. The number of benzene rings is 2. The van der Waals surface area contributed by atoms with Crippen molar-refractivity contribution in [3.63, 3.8) is 0 Å². The number of carboxylic acid groups (broad SMARTS) is 1. The van der Waals surface area contributed by atoms with Gasteiger partial charge in [0.05, 0.1) is 5.51 Å². The van der Waals surface area contributed by atoms with Crippen molar-refractivity contribution in [2.24, 2.45) is 0 Å². The van der Waals surface area contributed by atoms with Gasteiger partial charge in [0.25, 0.3) is 0 Å². The molecule has 0 aliphatic heterocycles. The first-order chi connectivity index (χ1) is 16.8. The Morgan fingerprint density at radius 2 is 1.71 bits per heavy atom. The summed E-state index contributed by atoms with van der Waals surface area (Å²) in [5.74, 6) is -1.71. The molecule has 9 heteroatoms. The summed E-state index contributed by atoms with van der Waals surface area (Å²) < 4.78 is 5.61. The summed E-state index contributed by atoms with van der Waals surface area (Å²) in [5.41, 5.74) is 6.06. The molecule has 3 aromatic rings. The number of alkyl carbamates (subject to hydrolysis) is 1. The van der Waals surface area contributed by atoms with E-state index in [-0.39, 0.29) is 25.0 Å². The summed E-state index contributed by atoms with van der Waals surface area (Å²) in [4.78, 5) is 43.5. The van der Waals surface area contributed by atoms with Crippen molar-refractivity contribution >= 4 is 29.3 Å². The first kappa shape index (κ1) is 24.4. The number of thiazole rings is 1. The number of carbonyl (C=O) groups is 3. The highest BCUT2D eigenvalue weighted by atomic mass is 32.1. The molecule has 0 fully saturated rings. The predicted octanol–water partition coefficient (Wildman–Crippen LogP) is 3.91. The maximum absolute atomic E-state index is 13.2. The normalized spacial score (nSPS) is 13.1. The van der Waals surface area contributed by atoms with E-state index in [4.69, 9.17) is 4.74 Å². The Balaban J connectivity index is 1.48. The lowest BCUT2D eigenvalue weighted by atomic mass is 9.98. The topological polar surface area (TPSA) is 109 Å². The van der Waals surface area contributed by atoms with Crippen LogP contribution in [0.15, 0.2) is 60.2 Å². The fraction of sp³-hybridized carbons (Fsp3) is 0.308. The van der Waals surface area contributed by atoms with Gasteiger partial charge in [0.2, 0.25) is 5.91 Å². The van der Waals surface area contributed by atoms with Crippen LogP contribution in [-0.4, -0.2) is 58.2 Å². The summed E-state index contributed by atoms with van der Waals surface area (Å²) in [6, 6.07) is 14.7. The quantitative estimate of drug-likeness (QED) is 0.468. The number of rotatable bonds is 9. The molecule has 0 bridgehead atoms. The summed E-state index contributed by atoms with van der Waals surface area (Å²) in [5, 5.41) is 11.9. The number of carboxylic acids is 1. The minimum absolute atomic E-state index is 0.108. The molecule has 0 saturated carbocycles. The molecule has 1 aliphatic carbocycles. The number of amides is 2. The van der Waals surface area contributed by atoms with Crippen molar-refractivity contribution in [2.75, 3.05) is 13.2 Å². The van der Waals surface area contributed by atoms with Gasteiger partial charge in [-0.2, -0.15) is 0 Å². The van der Waals surface area contributed by atoms with Gasteiger partial charge in [0.15, 0.2) is 0 Å². The van der Waals surface area contributed by atoms with Crippen LogP contribution in [-0.2, 0) is 20.7 Å². The zero-order valence-electron chi connectivity index (χ0n) is 19.5. The molecule has 1 unspecified atom stereocenters. The Labute approximate surface area is 207 Å². The maximum atomic E-state index is 13.2. The second-order valence-corrected chi connectivity index (χ2v) is 9.62. The van der Waals surface area contributed by atoms with Crippen molar-refractivity contribution in [3.8, 4) is 11.1 Å². The largest absolute Gasteiger partial charge is 0.480 e. The third kappa shape index (κ3) is 5.51. The minimum Gasteiger partial charge on any atom is -0.480 e. The van der Waals surface area contributed by atoms with Crippen molar-refractivity contribution in [1.82, 2.24) is 15.2 Å². The summed E-state index contributed by atoms with van der Waals surface area (Å²) in [7, 11) is 0. The van der Waals surface area contributed by atoms with E-state index in [0.717, 1.165) is 27.1 Å². The van der Waals surface area contributed by atoms with Crippen LogP contribution in [0.5, 0.6) is 0 Å². The van der Waals surface area contributed by atoms with E-state index in [1.54, 1.807) is 25.6 Å². The van der Waals surface area contributed by atoms with E-state index < -0.39 is 30.6 Å². The Bertz CT molecular complexity index is 1170. The number of ether oxygens (including phenoxy) is 1. The monoisotopic (exact) mass is 493 g/mol. The molecule has 4 rings (SSSR count). The van der Waals surface area contributed by atoms with Crippen molar-refractivity contribution < 1.29 is 24.2 Å². The van der Waals surface area contributed by atoms with Gasteiger partial charge in [-0.1, -0.05) is 48.5 Å². The molecule has 2 amide bonds. The summed E-state index contributed by atoms with van der Waals surface area (Å²) in [6.07, 6.45) is 1.09. The molecule has 1 heterocycles. The van der Waals surface area contributed by atoms with Gasteiger partial charge in [-0.3, -0.25) is 14.6 Å². The molecule has 182 valence electrons. The van der Waals surface area contributed by atoms with E-state index >= 15 is 0 Å². The second-order valence-electron chi connectivity index (χ2n) is 8.65. The average molecular weight is 494 g/mol. The molecular weight excluding hydrogens is 466 g/mol. The molecular formula is C26H27N3O5S. The molecule has 2 N–H and O–H groups in total. The lowest BCUT2D eigenvalue weighted by molar-refractivity contribution is -0.146. The van der Waals surface area contributed by atoms with Gasteiger partial charge in [0, 0.05) is 29.5 Å². The van der Waals surface area contributed by atoms with Gasteiger partial charge in [-0.25, -0.2) is 4.79 Å². The fourth-order valence-corrected chi connectivity index (χ4v) is 5.03. The predicted molar refractivity (Wildman–Crippen MR) is 132 cm³/mol. The van der Waals surface area contributed by atoms with Crippen molar-refractivity contribution in [1.29, 1.82) is 0 Å². The number of aromatic nitrogens is 1. The smallest absolute Gasteiger partial charge is 0.407 e. The third-order valence-electron chi connectivity index (χ3n) is 6.03. The molecule has 0 saturated heterocycles. The SMILES string of the molecule is CC(C)N(CC(=O)O)C(=O)C(Cc1cncs1)NC(=O)OCC1c2ccccc2-c2ccccc21. The number of nitrogens with one attached hydrogen (secondary N) is 1. The van der Waals surface area contributed by atoms with E-state index in [2.05, 4.69) is 22.4 Å². The van der Waals surface area contributed by atoms with Crippen molar-refractivity contribution in [3.05, 3.63) is 76.2 Å². The van der Waals surface area contributed by atoms with Crippen LogP contribution in [0.4, 0.5) is 4.79 Å². The van der Waals surface area contributed by atoms with Gasteiger partial charge in [0.1, 0.15) is 19.2 Å². The highest BCUT2D eigenvalue weighted by Crippen LogP contribution is 2.44. The van der Waals surface area contributed by atoms with E-state index in [0.29, 0.717) is 0 Å². The van der Waals surface area contributed by atoms with Crippen LogP contribution in [0.2, 0.25) is 0 Å². The maximum Gasteiger partial charge on any atom is 0.407 e. The number of nitrogens with zero attached hydrogens (tertiary/aromatic N) is 2. The van der Waals surface area contributed by atoms with Crippen LogP contribution in [0, 0.1) is 0 Å². The molecule has 8 nitrogen and oxygen atoms in total. The Kier molecular flexibility index (Phi) is 7.45. The molecule has 1 atom stereocenters. The first-order valence-corrected chi connectivity index (χ1v) is 12.2. The second kappa shape index (κ2) is 10.7. The van der Waals surface area contributed by atoms with Gasteiger partial charge in [-0.15, -0.1) is 11.3 Å². The van der Waals surface area contributed by atoms with Crippen LogP contribution >= 0.6 is 11.3 Å². The van der Waals surface area contributed by atoms with Crippen LogP contribution in [0.3, 0.4) is 0 Å². The fourth-order valence-electron chi connectivity index (χ4n) is 4.39. The van der Waals surface area contributed by atoms with Crippen molar-refractivity contribution in [2.45, 2.75) is 38.3 Å². The first-order valence-electron chi connectivity index (χ1n) is 11.4. The van der Waals surface area contributed by atoms with E-state index in [1.165, 1.54) is 16.2 Å². The summed E-state index contributed by atoms with van der Waals surface area (Å²) >= 11 is 1.36. The molecule has 1 aliphatic rings. The zero-order valence-corrected chi connectivity index (χ0v) is 20.3.